The van der Waals surface area contributed by atoms with Gasteiger partial charge in [-0.3, -0.25) is 9.69 Å². The molecule has 108 valence electrons. The fourth-order valence-corrected chi connectivity index (χ4v) is 3.12. The summed E-state index contributed by atoms with van der Waals surface area (Å²) in [6.45, 7) is 7.58. The van der Waals surface area contributed by atoms with Crippen LogP contribution in [0.5, 0.6) is 0 Å². The van der Waals surface area contributed by atoms with E-state index in [1.807, 2.05) is 12.2 Å². The molecule has 1 fully saturated rings. The van der Waals surface area contributed by atoms with E-state index in [9.17, 15) is 4.79 Å². The molecule has 2 aliphatic rings. The molecule has 0 aromatic heterocycles. The smallest absolute Gasteiger partial charge is 0.227 e. The first kappa shape index (κ1) is 14.5. The van der Waals surface area contributed by atoms with Crippen molar-refractivity contribution in [2.24, 2.45) is 17.6 Å². The van der Waals surface area contributed by atoms with Crippen LogP contribution < -0.4 is 11.1 Å². The van der Waals surface area contributed by atoms with Gasteiger partial charge in [0.2, 0.25) is 5.91 Å². The van der Waals surface area contributed by atoms with Gasteiger partial charge in [-0.1, -0.05) is 26.0 Å². The van der Waals surface area contributed by atoms with Crippen molar-refractivity contribution < 1.29 is 4.79 Å². The Morgan fingerprint density at radius 2 is 2.05 bits per heavy atom. The summed E-state index contributed by atoms with van der Waals surface area (Å²) in [5.74, 6) is 0.676. The first-order chi connectivity index (χ1) is 9.08. The van der Waals surface area contributed by atoms with E-state index in [1.165, 1.54) is 25.9 Å². The number of amides is 1. The van der Waals surface area contributed by atoms with Gasteiger partial charge < -0.3 is 11.1 Å². The summed E-state index contributed by atoms with van der Waals surface area (Å²) in [6.07, 6.45) is 7.21. The number of hydrogen-bond acceptors (Lipinski definition) is 3. The Labute approximate surface area is 116 Å². The molecule has 4 nitrogen and oxygen atoms in total. The van der Waals surface area contributed by atoms with Crippen LogP contribution in [-0.2, 0) is 4.79 Å². The lowest BCUT2D eigenvalue weighted by atomic mass is 10.0. The van der Waals surface area contributed by atoms with Crippen LogP contribution >= 0.6 is 0 Å². The minimum atomic E-state index is -0.0265. The lowest BCUT2D eigenvalue weighted by Gasteiger charge is -2.31. The normalized spacial score (nSPS) is 29.1. The first-order valence-electron chi connectivity index (χ1n) is 7.53. The average Bonchev–Trinajstić information content (AvgIpc) is 3.00. The standard InChI is InChI=1S/C15H27N3O/c1-11(2)14(18-7-3-4-8-18)10-17-15(19)12-5-6-13(16)9-12/h5-6,11-14H,3-4,7-10,16H2,1-2H3,(H,17,19). The number of carbonyl (C=O) groups is 1. The fraction of sp³-hybridized carbons (Fsp3) is 0.800. The average molecular weight is 265 g/mol. The molecule has 0 spiro atoms. The molecule has 1 aliphatic carbocycles. The Morgan fingerprint density at radius 1 is 1.37 bits per heavy atom. The quantitative estimate of drug-likeness (QED) is 0.733. The van der Waals surface area contributed by atoms with Crippen molar-refractivity contribution in [3.8, 4) is 0 Å². The molecule has 1 saturated heterocycles. The second-order valence-electron chi connectivity index (χ2n) is 6.19. The van der Waals surface area contributed by atoms with Crippen molar-refractivity contribution in [3.63, 3.8) is 0 Å². The zero-order chi connectivity index (χ0) is 13.8. The van der Waals surface area contributed by atoms with E-state index >= 15 is 0 Å². The maximum Gasteiger partial charge on any atom is 0.227 e. The zero-order valence-electron chi connectivity index (χ0n) is 12.1. The molecule has 1 amide bonds. The van der Waals surface area contributed by atoms with E-state index in [1.54, 1.807) is 0 Å². The number of rotatable bonds is 5. The summed E-state index contributed by atoms with van der Waals surface area (Å²) in [5, 5.41) is 3.12. The second-order valence-corrected chi connectivity index (χ2v) is 6.19. The number of nitrogens with one attached hydrogen (secondary N) is 1. The van der Waals surface area contributed by atoms with Gasteiger partial charge in [-0.05, 0) is 38.3 Å². The maximum atomic E-state index is 12.1. The van der Waals surface area contributed by atoms with Crippen molar-refractivity contribution in [2.75, 3.05) is 19.6 Å². The van der Waals surface area contributed by atoms with Crippen molar-refractivity contribution in [2.45, 2.75) is 45.2 Å². The van der Waals surface area contributed by atoms with Crippen molar-refractivity contribution >= 4 is 5.91 Å². The molecule has 1 aliphatic heterocycles. The van der Waals surface area contributed by atoms with E-state index in [0.717, 1.165) is 13.0 Å². The van der Waals surface area contributed by atoms with Gasteiger partial charge in [0.15, 0.2) is 0 Å². The molecular formula is C15H27N3O. The lowest BCUT2D eigenvalue weighted by Crippen LogP contribution is -2.46. The van der Waals surface area contributed by atoms with Gasteiger partial charge in [0, 0.05) is 18.6 Å². The predicted octanol–water partition coefficient (Wildman–Crippen LogP) is 1.13. The molecule has 0 aromatic carbocycles. The second kappa shape index (κ2) is 6.53. The topological polar surface area (TPSA) is 58.4 Å². The van der Waals surface area contributed by atoms with Crippen LogP contribution in [0, 0.1) is 11.8 Å². The van der Waals surface area contributed by atoms with Gasteiger partial charge in [0.05, 0.1) is 5.92 Å². The fourth-order valence-electron chi connectivity index (χ4n) is 3.12. The monoisotopic (exact) mass is 265 g/mol. The van der Waals surface area contributed by atoms with Crippen LogP contribution in [0.3, 0.4) is 0 Å². The van der Waals surface area contributed by atoms with Crippen LogP contribution in [0.2, 0.25) is 0 Å². The van der Waals surface area contributed by atoms with E-state index in [0.29, 0.717) is 12.0 Å². The molecule has 2 rings (SSSR count). The Hall–Kier alpha value is -0.870. The molecule has 19 heavy (non-hydrogen) atoms. The third kappa shape index (κ3) is 3.80. The molecular weight excluding hydrogens is 238 g/mol. The summed E-state index contributed by atoms with van der Waals surface area (Å²) in [7, 11) is 0. The minimum absolute atomic E-state index is 0.0265. The number of hydrogen-bond donors (Lipinski definition) is 2. The van der Waals surface area contributed by atoms with Crippen LogP contribution in [0.15, 0.2) is 12.2 Å². The lowest BCUT2D eigenvalue weighted by molar-refractivity contribution is -0.123. The Morgan fingerprint density at radius 3 is 2.58 bits per heavy atom. The number of carbonyl (C=O) groups excluding carboxylic acids is 1. The Kier molecular flexibility index (Phi) is 4.99. The first-order valence-corrected chi connectivity index (χ1v) is 7.53. The molecule has 1 heterocycles. The van der Waals surface area contributed by atoms with E-state index in [-0.39, 0.29) is 17.9 Å². The molecule has 3 unspecified atom stereocenters. The number of likely N-dealkylation sites (tertiary alicyclic amines) is 1. The zero-order valence-corrected chi connectivity index (χ0v) is 12.1. The highest BCUT2D eigenvalue weighted by Crippen LogP contribution is 2.19. The van der Waals surface area contributed by atoms with Crippen molar-refractivity contribution in [3.05, 3.63) is 12.2 Å². The van der Waals surface area contributed by atoms with Gasteiger partial charge in [0.1, 0.15) is 0 Å². The summed E-state index contributed by atoms with van der Waals surface area (Å²) in [4.78, 5) is 14.6. The molecule has 3 atom stereocenters. The highest BCUT2D eigenvalue weighted by Gasteiger charge is 2.27. The summed E-state index contributed by atoms with van der Waals surface area (Å²) in [5.41, 5.74) is 5.79. The van der Waals surface area contributed by atoms with Crippen molar-refractivity contribution in [1.82, 2.24) is 10.2 Å². The van der Waals surface area contributed by atoms with Gasteiger partial charge in [-0.25, -0.2) is 0 Å². The summed E-state index contributed by atoms with van der Waals surface area (Å²) >= 11 is 0. The van der Waals surface area contributed by atoms with E-state index < -0.39 is 0 Å². The van der Waals surface area contributed by atoms with Crippen molar-refractivity contribution in [1.29, 1.82) is 0 Å². The van der Waals surface area contributed by atoms with Gasteiger partial charge in [-0.15, -0.1) is 0 Å². The molecule has 0 aromatic rings. The van der Waals surface area contributed by atoms with Gasteiger partial charge in [-0.2, -0.15) is 0 Å². The van der Waals surface area contributed by atoms with Gasteiger partial charge in [0.25, 0.3) is 0 Å². The maximum absolute atomic E-state index is 12.1. The minimum Gasteiger partial charge on any atom is -0.354 e. The molecule has 0 bridgehead atoms. The molecule has 3 N–H and O–H groups in total. The van der Waals surface area contributed by atoms with Crippen LogP contribution in [0.1, 0.15) is 33.1 Å². The molecule has 4 heteroatoms. The number of nitrogens with two attached hydrogens (primary N) is 1. The predicted molar refractivity (Wildman–Crippen MR) is 77.7 cm³/mol. The highest BCUT2D eigenvalue weighted by molar-refractivity contribution is 5.81. The third-order valence-corrected chi connectivity index (χ3v) is 4.32. The SMILES string of the molecule is CC(C)C(CNC(=O)C1C=CC(N)C1)N1CCCC1. The Balaban J connectivity index is 1.81. The van der Waals surface area contributed by atoms with E-state index in [2.05, 4.69) is 24.1 Å². The van der Waals surface area contributed by atoms with Gasteiger partial charge >= 0.3 is 0 Å². The Bertz CT molecular complexity index is 334. The van der Waals surface area contributed by atoms with Crippen LogP contribution in [0.25, 0.3) is 0 Å². The summed E-state index contributed by atoms with van der Waals surface area (Å²) in [6, 6.07) is 0.515. The highest BCUT2D eigenvalue weighted by atomic mass is 16.1. The van der Waals surface area contributed by atoms with E-state index in [4.69, 9.17) is 5.73 Å². The summed E-state index contributed by atoms with van der Waals surface area (Å²) < 4.78 is 0. The third-order valence-electron chi connectivity index (χ3n) is 4.32. The van der Waals surface area contributed by atoms with Crippen LogP contribution in [-0.4, -0.2) is 42.5 Å². The number of nitrogens with zero attached hydrogens (tertiary/aromatic N) is 1. The molecule has 0 radical (unpaired) electrons. The van der Waals surface area contributed by atoms with Crippen LogP contribution in [0.4, 0.5) is 0 Å². The molecule has 0 saturated carbocycles. The largest absolute Gasteiger partial charge is 0.354 e.